The number of piperidine rings is 1. The number of anilines is 1. The zero-order valence-electron chi connectivity index (χ0n) is 17.1. The van der Waals surface area contributed by atoms with Crippen LogP contribution in [0.1, 0.15) is 57.3 Å². The van der Waals surface area contributed by atoms with Crippen LogP contribution in [0.15, 0.2) is 59.9 Å². The van der Waals surface area contributed by atoms with Crippen molar-refractivity contribution in [1.82, 2.24) is 4.90 Å². The van der Waals surface area contributed by atoms with Gasteiger partial charge in [0.1, 0.15) is 11.4 Å². The second kappa shape index (κ2) is 8.18. The van der Waals surface area contributed by atoms with E-state index in [2.05, 4.69) is 0 Å². The molecule has 1 amide bonds. The van der Waals surface area contributed by atoms with Gasteiger partial charge in [0.05, 0.1) is 5.56 Å². The lowest BCUT2D eigenvalue weighted by atomic mass is 9.88. The second-order valence-electron chi connectivity index (χ2n) is 7.66. The van der Waals surface area contributed by atoms with Crippen molar-refractivity contribution < 1.29 is 24.3 Å². The minimum Gasteiger partial charge on any atom is -0.478 e. The van der Waals surface area contributed by atoms with E-state index >= 15 is 0 Å². The van der Waals surface area contributed by atoms with E-state index in [1.165, 1.54) is 30.0 Å². The van der Waals surface area contributed by atoms with E-state index in [0.717, 1.165) is 19.3 Å². The van der Waals surface area contributed by atoms with Crippen molar-refractivity contribution >= 4 is 29.1 Å². The number of allylic oxidation sites excluding steroid dienone is 2. The normalized spacial score (nSPS) is 16.2. The summed E-state index contributed by atoms with van der Waals surface area (Å²) in [5, 5.41) is 9.38. The zero-order chi connectivity index (χ0) is 22.1. The van der Waals surface area contributed by atoms with Gasteiger partial charge in [-0.1, -0.05) is 30.3 Å². The lowest BCUT2D eigenvalue weighted by molar-refractivity contribution is -0.116. The van der Waals surface area contributed by atoms with Crippen LogP contribution in [0.25, 0.3) is 0 Å². The molecule has 1 heterocycles. The maximum atomic E-state index is 13.6. The second-order valence-corrected chi connectivity index (χ2v) is 7.66. The fourth-order valence-corrected chi connectivity index (χ4v) is 4.21. The molecule has 0 bridgehead atoms. The molecule has 158 valence electrons. The molecule has 1 aliphatic heterocycles. The standard InChI is InChI=1S/C24H22N2O5/c1-15(27)26(17-9-7-8-16(14-17)24(30)31)21-20(25-12-5-2-6-13-25)22(28)18-10-3-4-11-19(18)23(21)29/h3-4,7-11,14H,2,5-6,12-13H2,1H3,(H,30,31). The average molecular weight is 418 g/mol. The van der Waals surface area contributed by atoms with Crippen LogP contribution in [0.2, 0.25) is 0 Å². The number of hydrogen-bond donors (Lipinski definition) is 1. The van der Waals surface area contributed by atoms with Gasteiger partial charge in [0.25, 0.3) is 0 Å². The maximum Gasteiger partial charge on any atom is 0.335 e. The van der Waals surface area contributed by atoms with E-state index in [1.807, 2.05) is 4.90 Å². The summed E-state index contributed by atoms with van der Waals surface area (Å²) in [6.07, 6.45) is 2.80. The number of carbonyl (C=O) groups excluding carboxylic acids is 3. The lowest BCUT2D eigenvalue weighted by Gasteiger charge is -2.36. The SMILES string of the molecule is CC(=O)N(C1=C(N2CCCCC2)C(=O)c2ccccc2C1=O)c1cccc(C(=O)O)c1. The fourth-order valence-electron chi connectivity index (χ4n) is 4.21. The molecule has 1 aliphatic carbocycles. The molecular formula is C24H22N2O5. The minimum absolute atomic E-state index is 0.0133. The Balaban J connectivity index is 1.96. The van der Waals surface area contributed by atoms with Crippen LogP contribution in [-0.4, -0.2) is 46.5 Å². The van der Waals surface area contributed by atoms with Gasteiger partial charge in [-0.15, -0.1) is 0 Å². The van der Waals surface area contributed by atoms with Crippen molar-refractivity contribution in [3.8, 4) is 0 Å². The first-order valence-electron chi connectivity index (χ1n) is 10.2. The van der Waals surface area contributed by atoms with Gasteiger partial charge < -0.3 is 10.0 Å². The van der Waals surface area contributed by atoms with E-state index in [1.54, 1.807) is 30.3 Å². The Bertz CT molecular complexity index is 1130. The lowest BCUT2D eigenvalue weighted by Crippen LogP contribution is -2.43. The minimum atomic E-state index is -1.15. The van der Waals surface area contributed by atoms with Crippen LogP contribution in [0.3, 0.4) is 0 Å². The molecule has 2 aromatic carbocycles. The highest BCUT2D eigenvalue weighted by Gasteiger charge is 2.39. The monoisotopic (exact) mass is 418 g/mol. The van der Waals surface area contributed by atoms with E-state index < -0.39 is 17.7 Å². The van der Waals surface area contributed by atoms with E-state index in [0.29, 0.717) is 18.7 Å². The largest absolute Gasteiger partial charge is 0.478 e. The number of nitrogens with zero attached hydrogens (tertiary/aromatic N) is 2. The highest BCUT2D eigenvalue weighted by atomic mass is 16.4. The summed E-state index contributed by atoms with van der Waals surface area (Å²) >= 11 is 0. The molecule has 31 heavy (non-hydrogen) atoms. The van der Waals surface area contributed by atoms with E-state index in [-0.39, 0.29) is 34.0 Å². The maximum absolute atomic E-state index is 13.6. The molecule has 1 N–H and O–H groups in total. The number of rotatable bonds is 4. The van der Waals surface area contributed by atoms with Crippen LogP contribution in [0.5, 0.6) is 0 Å². The molecule has 7 heteroatoms. The molecule has 1 saturated heterocycles. The number of aromatic carboxylic acids is 1. The van der Waals surface area contributed by atoms with Crippen LogP contribution >= 0.6 is 0 Å². The Hall–Kier alpha value is -3.74. The van der Waals surface area contributed by atoms with Gasteiger partial charge in [-0.25, -0.2) is 4.79 Å². The Morgan fingerprint density at radius 1 is 0.903 bits per heavy atom. The first kappa shape index (κ1) is 20.5. The highest BCUT2D eigenvalue weighted by Crippen LogP contribution is 2.34. The van der Waals surface area contributed by atoms with Crippen LogP contribution < -0.4 is 4.90 Å². The topological polar surface area (TPSA) is 95.0 Å². The van der Waals surface area contributed by atoms with Crippen molar-refractivity contribution in [1.29, 1.82) is 0 Å². The number of amides is 1. The number of ketones is 2. The third kappa shape index (κ3) is 3.63. The van der Waals surface area contributed by atoms with E-state index in [4.69, 9.17) is 0 Å². The van der Waals surface area contributed by atoms with Gasteiger partial charge in [-0.05, 0) is 37.5 Å². The van der Waals surface area contributed by atoms with Gasteiger partial charge in [0.2, 0.25) is 17.5 Å². The molecule has 2 aromatic rings. The third-order valence-corrected chi connectivity index (χ3v) is 5.63. The smallest absolute Gasteiger partial charge is 0.335 e. The summed E-state index contributed by atoms with van der Waals surface area (Å²) in [4.78, 5) is 54.4. The molecule has 0 spiro atoms. The fraction of sp³-hybridized carbons (Fsp3) is 0.250. The number of carboxylic acids is 1. The molecular weight excluding hydrogens is 396 g/mol. The number of hydrogen-bond acceptors (Lipinski definition) is 5. The van der Waals surface area contributed by atoms with Crippen molar-refractivity contribution in [3.63, 3.8) is 0 Å². The van der Waals surface area contributed by atoms with Crippen molar-refractivity contribution in [2.24, 2.45) is 0 Å². The summed E-state index contributed by atoms with van der Waals surface area (Å²) in [5.74, 6) is -2.35. The van der Waals surface area contributed by atoms with Gasteiger partial charge in [0, 0.05) is 36.8 Å². The Labute approximate surface area is 179 Å². The van der Waals surface area contributed by atoms with Crippen molar-refractivity contribution in [2.45, 2.75) is 26.2 Å². The van der Waals surface area contributed by atoms with E-state index in [9.17, 15) is 24.3 Å². The molecule has 0 atom stereocenters. The summed E-state index contributed by atoms with van der Waals surface area (Å²) < 4.78 is 0. The molecule has 4 rings (SSSR count). The first-order chi connectivity index (χ1) is 14.9. The molecule has 0 radical (unpaired) electrons. The summed E-state index contributed by atoms with van der Waals surface area (Å²) in [5.41, 5.74) is 0.972. The zero-order valence-corrected chi connectivity index (χ0v) is 17.1. The Morgan fingerprint density at radius 3 is 2.16 bits per heavy atom. The van der Waals surface area contributed by atoms with Gasteiger partial charge in [-0.2, -0.15) is 0 Å². The molecule has 2 aliphatic rings. The quantitative estimate of drug-likeness (QED) is 0.816. The summed E-state index contributed by atoms with van der Waals surface area (Å²) in [7, 11) is 0. The van der Waals surface area contributed by atoms with Gasteiger partial charge >= 0.3 is 5.97 Å². The number of carbonyl (C=O) groups is 4. The number of fused-ring (bicyclic) bond motifs is 1. The van der Waals surface area contributed by atoms with Crippen LogP contribution in [0.4, 0.5) is 5.69 Å². The van der Waals surface area contributed by atoms with Gasteiger partial charge in [0.15, 0.2) is 0 Å². The summed E-state index contributed by atoms with van der Waals surface area (Å²) in [6.45, 7) is 2.52. The molecule has 0 saturated carbocycles. The van der Waals surface area contributed by atoms with Crippen LogP contribution in [0, 0.1) is 0 Å². The molecule has 7 nitrogen and oxygen atoms in total. The van der Waals surface area contributed by atoms with Crippen LogP contribution in [-0.2, 0) is 4.79 Å². The Morgan fingerprint density at radius 2 is 1.55 bits per heavy atom. The number of Topliss-reactive ketones (excluding diaryl/α,β-unsaturated/α-hetero) is 2. The predicted octanol–water partition coefficient (Wildman–Crippen LogP) is 3.51. The average Bonchev–Trinajstić information content (AvgIpc) is 2.78. The molecule has 1 fully saturated rings. The predicted molar refractivity (Wildman–Crippen MR) is 114 cm³/mol. The summed E-state index contributed by atoms with van der Waals surface area (Å²) in [6, 6.07) is 12.4. The van der Waals surface area contributed by atoms with Crippen molar-refractivity contribution in [2.75, 3.05) is 18.0 Å². The number of benzene rings is 2. The highest BCUT2D eigenvalue weighted by molar-refractivity contribution is 6.29. The van der Waals surface area contributed by atoms with Gasteiger partial charge in [-0.3, -0.25) is 19.3 Å². The molecule has 0 aromatic heterocycles. The molecule has 0 unspecified atom stereocenters. The first-order valence-corrected chi connectivity index (χ1v) is 10.2. The number of likely N-dealkylation sites (tertiary alicyclic amines) is 1. The Kier molecular flexibility index (Phi) is 5.42. The third-order valence-electron chi connectivity index (χ3n) is 5.63. The number of carboxylic acid groups (broad SMARTS) is 1. The van der Waals surface area contributed by atoms with Crippen molar-refractivity contribution in [3.05, 3.63) is 76.6 Å².